The summed E-state index contributed by atoms with van der Waals surface area (Å²) in [4.78, 5) is 19.6. The van der Waals surface area contributed by atoms with Crippen molar-refractivity contribution < 1.29 is 13.9 Å². The Morgan fingerprint density at radius 3 is 2.82 bits per heavy atom. The molecule has 2 aromatic rings. The second-order valence-electron chi connectivity index (χ2n) is 3.26. The predicted molar refractivity (Wildman–Crippen MR) is 63.5 cm³/mol. The molecule has 17 heavy (non-hydrogen) atoms. The Morgan fingerprint density at radius 1 is 1.47 bits per heavy atom. The monoisotopic (exact) mass is 296 g/mol. The Balaban J connectivity index is 2.51. The number of oxazole rings is 1. The molecule has 0 unspecified atom stereocenters. The molecule has 88 valence electrons. The van der Waals surface area contributed by atoms with Gasteiger partial charge in [-0.15, -0.1) is 0 Å². The van der Waals surface area contributed by atoms with Gasteiger partial charge >= 0.3 is 5.97 Å². The fraction of sp³-hybridized carbons (Fsp3) is 0.182. The highest BCUT2D eigenvalue weighted by Gasteiger charge is 2.21. The first kappa shape index (κ1) is 11.8. The molecule has 0 saturated heterocycles. The molecule has 2 aromatic heterocycles. The Labute approximate surface area is 106 Å². The Morgan fingerprint density at radius 2 is 2.24 bits per heavy atom. The lowest BCUT2D eigenvalue weighted by atomic mass is 10.2. The topological polar surface area (TPSA) is 65.2 Å². The van der Waals surface area contributed by atoms with Crippen molar-refractivity contribution in [1.82, 2.24) is 9.97 Å². The fourth-order valence-corrected chi connectivity index (χ4v) is 1.58. The van der Waals surface area contributed by atoms with E-state index in [-0.39, 0.29) is 5.69 Å². The lowest BCUT2D eigenvalue weighted by Gasteiger charge is -1.99. The minimum absolute atomic E-state index is 0.139. The molecule has 0 bridgehead atoms. The third-order valence-corrected chi connectivity index (χ3v) is 2.54. The first-order chi connectivity index (χ1) is 8.11. The first-order valence-corrected chi connectivity index (χ1v) is 5.59. The van der Waals surface area contributed by atoms with E-state index < -0.39 is 5.97 Å². The number of aryl methyl sites for hydroxylation is 1. The van der Waals surface area contributed by atoms with Crippen LogP contribution < -0.4 is 0 Å². The van der Waals surface area contributed by atoms with Crippen LogP contribution in [0.15, 0.2) is 27.2 Å². The standard InChI is InChI=1S/C11H9BrN2O3/c1-6-14-9(11(15)16-2)10(17-6)8-4-3-7(12)5-13-8/h3-5H,1-2H3. The van der Waals surface area contributed by atoms with Gasteiger partial charge in [0.1, 0.15) is 5.69 Å². The highest BCUT2D eigenvalue weighted by atomic mass is 79.9. The van der Waals surface area contributed by atoms with Crippen molar-refractivity contribution in [1.29, 1.82) is 0 Å². The van der Waals surface area contributed by atoms with Crippen LogP contribution in [0, 0.1) is 6.92 Å². The van der Waals surface area contributed by atoms with Crippen LogP contribution in [0.25, 0.3) is 11.5 Å². The third-order valence-electron chi connectivity index (χ3n) is 2.07. The van der Waals surface area contributed by atoms with Crippen LogP contribution in [0.5, 0.6) is 0 Å². The van der Waals surface area contributed by atoms with Gasteiger partial charge in [0.2, 0.25) is 0 Å². The molecule has 0 aliphatic rings. The van der Waals surface area contributed by atoms with Crippen LogP contribution in [0.1, 0.15) is 16.4 Å². The van der Waals surface area contributed by atoms with Gasteiger partial charge in [0.25, 0.3) is 0 Å². The zero-order chi connectivity index (χ0) is 12.4. The van der Waals surface area contributed by atoms with Crippen LogP contribution in [-0.2, 0) is 4.74 Å². The molecular weight excluding hydrogens is 288 g/mol. The number of hydrogen-bond acceptors (Lipinski definition) is 5. The Kier molecular flexibility index (Phi) is 3.23. The quantitative estimate of drug-likeness (QED) is 0.797. The van der Waals surface area contributed by atoms with E-state index in [2.05, 4.69) is 30.6 Å². The number of ether oxygens (including phenoxy) is 1. The summed E-state index contributed by atoms with van der Waals surface area (Å²) in [7, 11) is 1.30. The number of methoxy groups -OCH3 is 1. The number of nitrogens with zero attached hydrogens (tertiary/aromatic N) is 2. The van der Waals surface area contributed by atoms with E-state index in [1.54, 1.807) is 25.3 Å². The highest BCUT2D eigenvalue weighted by Crippen LogP contribution is 2.24. The third kappa shape index (κ3) is 2.36. The summed E-state index contributed by atoms with van der Waals surface area (Å²) in [5, 5.41) is 0. The average Bonchev–Trinajstić information content (AvgIpc) is 2.71. The number of esters is 1. The molecule has 0 aliphatic heterocycles. The van der Waals surface area contributed by atoms with Crippen LogP contribution in [0.2, 0.25) is 0 Å². The second-order valence-corrected chi connectivity index (χ2v) is 4.18. The Bertz CT molecular complexity index is 548. The van der Waals surface area contributed by atoms with Gasteiger partial charge in [-0.25, -0.2) is 9.78 Å². The van der Waals surface area contributed by atoms with Gasteiger partial charge in [-0.3, -0.25) is 4.98 Å². The molecule has 0 saturated carbocycles. The van der Waals surface area contributed by atoms with Crippen molar-refractivity contribution in [3.63, 3.8) is 0 Å². The molecule has 2 heterocycles. The lowest BCUT2D eigenvalue weighted by Crippen LogP contribution is -2.03. The molecule has 0 fully saturated rings. The number of carbonyl (C=O) groups is 1. The minimum atomic E-state index is -0.540. The zero-order valence-electron chi connectivity index (χ0n) is 9.23. The molecule has 0 aliphatic carbocycles. The molecule has 5 nitrogen and oxygen atoms in total. The van der Waals surface area contributed by atoms with E-state index in [9.17, 15) is 4.79 Å². The van der Waals surface area contributed by atoms with Gasteiger partial charge < -0.3 is 9.15 Å². The Hall–Kier alpha value is -1.69. The molecule has 6 heteroatoms. The van der Waals surface area contributed by atoms with Crippen LogP contribution >= 0.6 is 15.9 Å². The maximum absolute atomic E-state index is 11.5. The summed E-state index contributed by atoms with van der Waals surface area (Å²) < 4.78 is 10.9. The van der Waals surface area contributed by atoms with Crippen molar-refractivity contribution in [2.45, 2.75) is 6.92 Å². The molecule has 0 N–H and O–H groups in total. The van der Waals surface area contributed by atoms with Crippen molar-refractivity contribution in [2.75, 3.05) is 7.11 Å². The number of carbonyl (C=O) groups excluding carboxylic acids is 1. The van der Waals surface area contributed by atoms with E-state index in [1.807, 2.05) is 0 Å². The second kappa shape index (κ2) is 4.67. The average molecular weight is 297 g/mol. The smallest absolute Gasteiger partial charge is 0.360 e. The molecule has 0 aromatic carbocycles. The number of rotatable bonds is 2. The SMILES string of the molecule is COC(=O)c1nc(C)oc1-c1ccc(Br)cn1. The van der Waals surface area contributed by atoms with Crippen molar-refractivity contribution in [3.05, 3.63) is 34.4 Å². The summed E-state index contributed by atoms with van der Waals surface area (Å²) in [6.07, 6.45) is 1.62. The van der Waals surface area contributed by atoms with Gasteiger partial charge in [0, 0.05) is 17.6 Å². The number of aromatic nitrogens is 2. The maximum Gasteiger partial charge on any atom is 0.360 e. The van der Waals surface area contributed by atoms with E-state index in [0.29, 0.717) is 17.3 Å². The van der Waals surface area contributed by atoms with E-state index in [0.717, 1.165) is 4.47 Å². The van der Waals surface area contributed by atoms with Gasteiger partial charge in [0.05, 0.1) is 7.11 Å². The summed E-state index contributed by atoms with van der Waals surface area (Å²) in [6, 6.07) is 3.54. The molecule has 2 rings (SSSR count). The maximum atomic E-state index is 11.5. The van der Waals surface area contributed by atoms with Gasteiger partial charge in [-0.05, 0) is 28.1 Å². The van der Waals surface area contributed by atoms with Crippen LogP contribution in [0.3, 0.4) is 0 Å². The van der Waals surface area contributed by atoms with Gasteiger partial charge in [0.15, 0.2) is 17.3 Å². The minimum Gasteiger partial charge on any atom is -0.464 e. The molecule has 0 atom stereocenters. The molecule has 0 radical (unpaired) electrons. The zero-order valence-corrected chi connectivity index (χ0v) is 10.8. The summed E-state index contributed by atoms with van der Waals surface area (Å²) in [6.45, 7) is 1.66. The summed E-state index contributed by atoms with van der Waals surface area (Å²) >= 11 is 3.28. The molecule has 0 amide bonds. The van der Waals surface area contributed by atoms with E-state index in [1.165, 1.54) is 7.11 Å². The van der Waals surface area contributed by atoms with Gasteiger partial charge in [-0.1, -0.05) is 0 Å². The van der Waals surface area contributed by atoms with Gasteiger partial charge in [-0.2, -0.15) is 0 Å². The number of pyridine rings is 1. The predicted octanol–water partition coefficient (Wildman–Crippen LogP) is 2.59. The van der Waals surface area contributed by atoms with Crippen LogP contribution in [-0.4, -0.2) is 23.0 Å². The lowest BCUT2D eigenvalue weighted by molar-refractivity contribution is 0.0595. The normalized spacial score (nSPS) is 10.3. The van der Waals surface area contributed by atoms with Crippen molar-refractivity contribution in [3.8, 4) is 11.5 Å². The molecule has 0 spiro atoms. The molecular formula is C11H9BrN2O3. The number of hydrogen-bond donors (Lipinski definition) is 0. The summed E-state index contributed by atoms with van der Waals surface area (Å²) in [5.41, 5.74) is 0.675. The van der Waals surface area contributed by atoms with Crippen LogP contribution in [0.4, 0.5) is 0 Å². The van der Waals surface area contributed by atoms with Crippen molar-refractivity contribution >= 4 is 21.9 Å². The fourth-order valence-electron chi connectivity index (χ4n) is 1.35. The van der Waals surface area contributed by atoms with E-state index >= 15 is 0 Å². The summed E-state index contributed by atoms with van der Waals surface area (Å²) in [5.74, 6) is 0.175. The first-order valence-electron chi connectivity index (χ1n) is 4.79. The highest BCUT2D eigenvalue weighted by molar-refractivity contribution is 9.10. The van der Waals surface area contributed by atoms with Crippen molar-refractivity contribution in [2.24, 2.45) is 0 Å². The number of halogens is 1. The van der Waals surface area contributed by atoms with E-state index in [4.69, 9.17) is 4.42 Å². The largest absolute Gasteiger partial charge is 0.464 e.